The zero-order valence-electron chi connectivity index (χ0n) is 19.7. The van der Waals surface area contributed by atoms with Crippen LogP contribution in [0.25, 0.3) is 6.08 Å². The number of halogens is 6. The Morgan fingerprint density at radius 3 is 2.27 bits per heavy atom. The van der Waals surface area contributed by atoms with Crippen LogP contribution in [-0.4, -0.2) is 36.5 Å². The van der Waals surface area contributed by atoms with Crippen LogP contribution in [0.2, 0.25) is 5.02 Å². The molecule has 2 aliphatic carbocycles. The number of carbonyl (C=O) groups is 3. The summed E-state index contributed by atoms with van der Waals surface area (Å²) in [7, 11) is 1.05. The Morgan fingerprint density at radius 2 is 1.73 bits per heavy atom. The number of ether oxygens (including phenoxy) is 1. The van der Waals surface area contributed by atoms with E-state index in [1.165, 1.54) is 43.3 Å². The molecular weight excluding hydrogens is 582 g/mol. The lowest BCUT2D eigenvalue weighted by atomic mass is 9.64. The number of fused-ring (bicyclic) bond motifs is 2. The molecule has 0 N–H and O–H groups in total. The maximum atomic E-state index is 14.5. The number of rotatable bonds is 4. The van der Waals surface area contributed by atoms with Gasteiger partial charge in [-0.05, 0) is 80.1 Å². The van der Waals surface area contributed by atoms with Gasteiger partial charge in [0.15, 0.2) is 5.78 Å². The Kier molecular flexibility index (Phi) is 7.05. The van der Waals surface area contributed by atoms with E-state index in [0.29, 0.717) is 20.5 Å². The molecule has 2 aromatic rings. The normalized spacial score (nSPS) is 22.9. The number of nitrogens with zero attached hydrogens (tertiary/aromatic N) is 1. The monoisotopic (exact) mass is 601 g/mol. The van der Waals surface area contributed by atoms with E-state index in [0.717, 1.165) is 7.11 Å². The minimum absolute atomic E-state index is 0.0824. The average Bonchev–Trinajstić information content (AvgIpc) is 3.08. The molecule has 1 amide bonds. The number of alkyl halides is 3. The summed E-state index contributed by atoms with van der Waals surface area (Å²) >= 11 is 9.55. The van der Waals surface area contributed by atoms with Gasteiger partial charge in [0.25, 0.3) is 0 Å². The fourth-order valence-electron chi connectivity index (χ4n) is 5.40. The van der Waals surface area contributed by atoms with Crippen molar-refractivity contribution >= 4 is 57.0 Å². The molecule has 1 fully saturated rings. The molecule has 2 aliphatic rings. The molecule has 5 nitrogen and oxygen atoms in total. The van der Waals surface area contributed by atoms with Crippen molar-refractivity contribution < 1.29 is 36.7 Å². The minimum Gasteiger partial charge on any atom is -0.467 e. The number of Topliss-reactive ketones (excluding diaryl/α,β-unsaturated/α-hetero) is 1. The molecule has 196 valence electrons. The molecule has 0 saturated heterocycles. The lowest BCUT2D eigenvalue weighted by Crippen LogP contribution is -2.63. The number of allylic oxidation sites excluding steroid dienone is 1. The molecule has 1 saturated carbocycles. The second-order valence-corrected chi connectivity index (χ2v) is 10.5. The number of ketones is 1. The van der Waals surface area contributed by atoms with Crippen molar-refractivity contribution in [3.8, 4) is 0 Å². The van der Waals surface area contributed by atoms with Crippen LogP contribution in [0.1, 0.15) is 54.1 Å². The molecule has 0 unspecified atom stereocenters. The van der Waals surface area contributed by atoms with E-state index in [-0.39, 0.29) is 42.0 Å². The topological polar surface area (TPSA) is 63.7 Å². The largest absolute Gasteiger partial charge is 0.471 e. The molecule has 4 rings (SSSR count). The van der Waals surface area contributed by atoms with Crippen molar-refractivity contribution in [1.82, 2.24) is 0 Å². The SMILES string of the molecule is COC(=O)C1(N(C(=O)C(F)(F)F)c2cccc(Cl)c2)CCC2(CC1)C(Br)=Cc1cc(F)c(C(C)=O)cc12. The maximum Gasteiger partial charge on any atom is 0.471 e. The Labute approximate surface area is 223 Å². The summed E-state index contributed by atoms with van der Waals surface area (Å²) in [6, 6.07) is 7.98. The first-order chi connectivity index (χ1) is 17.3. The second kappa shape index (κ2) is 9.54. The van der Waals surface area contributed by atoms with E-state index < -0.39 is 40.6 Å². The van der Waals surface area contributed by atoms with Gasteiger partial charge in [-0.3, -0.25) is 14.5 Å². The van der Waals surface area contributed by atoms with Gasteiger partial charge in [-0.25, -0.2) is 9.18 Å². The van der Waals surface area contributed by atoms with Crippen molar-refractivity contribution in [2.75, 3.05) is 12.0 Å². The fraction of sp³-hybridized carbons (Fsp3) is 0.346. The summed E-state index contributed by atoms with van der Waals surface area (Å²) in [5.41, 5.74) is -1.97. The Balaban J connectivity index is 1.83. The second-order valence-electron chi connectivity index (χ2n) is 9.19. The number of esters is 1. The van der Waals surface area contributed by atoms with Crippen LogP contribution in [-0.2, 0) is 19.7 Å². The molecule has 0 aliphatic heterocycles. The van der Waals surface area contributed by atoms with E-state index in [1.54, 1.807) is 6.08 Å². The highest BCUT2D eigenvalue weighted by Crippen LogP contribution is 2.57. The van der Waals surface area contributed by atoms with Crippen molar-refractivity contribution in [3.05, 3.63) is 68.4 Å². The molecule has 0 atom stereocenters. The summed E-state index contributed by atoms with van der Waals surface area (Å²) in [4.78, 5) is 38.4. The van der Waals surface area contributed by atoms with Crippen molar-refractivity contribution in [2.24, 2.45) is 0 Å². The van der Waals surface area contributed by atoms with Gasteiger partial charge in [-0.1, -0.05) is 33.6 Å². The summed E-state index contributed by atoms with van der Waals surface area (Å²) in [5.74, 6) is -4.37. The summed E-state index contributed by atoms with van der Waals surface area (Å²) < 4.78 is 61.6. The number of hydrogen-bond acceptors (Lipinski definition) is 4. The molecule has 2 aromatic carbocycles. The first-order valence-corrected chi connectivity index (χ1v) is 12.4. The molecule has 0 aromatic heterocycles. The number of hydrogen-bond donors (Lipinski definition) is 0. The van der Waals surface area contributed by atoms with Gasteiger partial charge < -0.3 is 4.74 Å². The van der Waals surface area contributed by atoms with Crippen LogP contribution in [0.4, 0.5) is 23.2 Å². The van der Waals surface area contributed by atoms with Crippen LogP contribution < -0.4 is 4.90 Å². The van der Waals surface area contributed by atoms with Crippen LogP contribution in [0.5, 0.6) is 0 Å². The van der Waals surface area contributed by atoms with E-state index in [2.05, 4.69) is 15.9 Å². The third kappa shape index (κ3) is 4.48. The molecule has 0 radical (unpaired) electrons. The van der Waals surface area contributed by atoms with E-state index >= 15 is 0 Å². The highest BCUT2D eigenvalue weighted by molar-refractivity contribution is 9.11. The zero-order valence-corrected chi connectivity index (χ0v) is 22.1. The van der Waals surface area contributed by atoms with Crippen LogP contribution >= 0.6 is 27.5 Å². The molecule has 0 bridgehead atoms. The Hall–Kier alpha value is -2.72. The van der Waals surface area contributed by atoms with Crippen LogP contribution in [0, 0.1) is 5.82 Å². The Bertz CT molecular complexity index is 1330. The van der Waals surface area contributed by atoms with Crippen molar-refractivity contribution in [3.63, 3.8) is 0 Å². The molecular formula is C26H21BrClF4NO4. The summed E-state index contributed by atoms with van der Waals surface area (Å²) in [6.45, 7) is 1.24. The maximum absolute atomic E-state index is 14.5. The molecule has 37 heavy (non-hydrogen) atoms. The number of benzene rings is 2. The Morgan fingerprint density at radius 1 is 1.08 bits per heavy atom. The molecule has 11 heteroatoms. The van der Waals surface area contributed by atoms with Crippen LogP contribution in [0.3, 0.4) is 0 Å². The number of anilines is 1. The quantitative estimate of drug-likeness (QED) is 0.221. The number of methoxy groups -OCH3 is 1. The standard InChI is InChI=1S/C26H21BrClF4NO4/c1-14(34)18-13-19-15(10-20(18)29)11-21(27)24(19)6-8-25(9-7-24,23(36)37-2)33(22(35)26(30,31)32)17-5-3-4-16(28)12-17/h3-5,10-13H,6-9H2,1-2H3. The predicted octanol–water partition coefficient (Wildman–Crippen LogP) is 6.75. The van der Waals surface area contributed by atoms with Gasteiger partial charge in [0.05, 0.1) is 12.7 Å². The van der Waals surface area contributed by atoms with Crippen LogP contribution in [0.15, 0.2) is 40.9 Å². The third-order valence-corrected chi connectivity index (χ3v) is 8.43. The number of carbonyl (C=O) groups excluding carboxylic acids is 3. The van der Waals surface area contributed by atoms with E-state index in [4.69, 9.17) is 16.3 Å². The van der Waals surface area contributed by atoms with Gasteiger partial charge in [0, 0.05) is 20.6 Å². The fourth-order valence-corrected chi connectivity index (χ4v) is 6.45. The first kappa shape index (κ1) is 27.3. The third-order valence-electron chi connectivity index (χ3n) is 7.21. The summed E-state index contributed by atoms with van der Waals surface area (Å²) in [5, 5.41) is 0.0824. The minimum atomic E-state index is -5.28. The number of amides is 1. The smallest absolute Gasteiger partial charge is 0.467 e. The summed E-state index contributed by atoms with van der Waals surface area (Å²) in [6.07, 6.45) is -3.78. The average molecular weight is 603 g/mol. The van der Waals surface area contributed by atoms with E-state index in [9.17, 15) is 31.9 Å². The van der Waals surface area contributed by atoms with E-state index in [1.807, 2.05) is 0 Å². The first-order valence-electron chi connectivity index (χ1n) is 11.2. The van der Waals surface area contributed by atoms with Gasteiger partial charge in [0.1, 0.15) is 11.4 Å². The highest BCUT2D eigenvalue weighted by Gasteiger charge is 2.59. The predicted molar refractivity (Wildman–Crippen MR) is 133 cm³/mol. The van der Waals surface area contributed by atoms with Crippen molar-refractivity contribution in [1.29, 1.82) is 0 Å². The highest BCUT2D eigenvalue weighted by atomic mass is 79.9. The van der Waals surface area contributed by atoms with Crippen molar-refractivity contribution in [2.45, 2.75) is 49.7 Å². The molecule has 1 spiro atoms. The van der Waals surface area contributed by atoms with Gasteiger partial charge in [-0.2, -0.15) is 13.2 Å². The lowest BCUT2D eigenvalue weighted by molar-refractivity contribution is -0.174. The zero-order chi connectivity index (χ0) is 27.3. The van der Waals surface area contributed by atoms with Gasteiger partial charge >= 0.3 is 18.1 Å². The van der Waals surface area contributed by atoms with Gasteiger partial charge in [0.2, 0.25) is 0 Å². The van der Waals surface area contributed by atoms with Gasteiger partial charge in [-0.15, -0.1) is 0 Å². The molecule has 0 heterocycles. The lowest BCUT2D eigenvalue weighted by Gasteiger charge is -2.49.